The predicted molar refractivity (Wildman–Crippen MR) is 150 cm³/mol. The molecule has 0 aliphatic carbocycles. The zero-order valence-corrected chi connectivity index (χ0v) is 25.9. The maximum absolute atomic E-state index is 13.6. The summed E-state index contributed by atoms with van der Waals surface area (Å²) in [5, 5.41) is 2.56. The topological polar surface area (TPSA) is 90.9 Å². The van der Waals surface area contributed by atoms with Gasteiger partial charge in [-0.2, -0.15) is 0 Å². The molecule has 2 unspecified atom stereocenters. The number of hydrogen-bond donors (Lipinski definition) is 1. The minimum Gasteiger partial charge on any atom is -0.463 e. The number of nitrogens with one attached hydrogen (secondary N) is 1. The molecule has 0 fully saturated rings. The number of alkyl halides is 1. The Morgan fingerprint density at radius 3 is 2.05 bits per heavy atom. The lowest BCUT2D eigenvalue weighted by Crippen LogP contribution is -2.39. The van der Waals surface area contributed by atoms with Crippen LogP contribution >= 0.6 is 0 Å². The summed E-state index contributed by atoms with van der Waals surface area (Å²) in [6.07, 6.45) is 6.39. The summed E-state index contributed by atoms with van der Waals surface area (Å²) in [7, 11) is 0. The van der Waals surface area contributed by atoms with Gasteiger partial charge >= 0.3 is 18.0 Å². The van der Waals surface area contributed by atoms with Gasteiger partial charge < -0.3 is 19.5 Å². The van der Waals surface area contributed by atoms with Crippen LogP contribution in [0.15, 0.2) is 0 Å². The Kier molecular flexibility index (Phi) is 15.5. The summed E-state index contributed by atoms with van der Waals surface area (Å²) in [4.78, 5) is 37.0. The van der Waals surface area contributed by atoms with Gasteiger partial charge in [-0.3, -0.25) is 9.59 Å². The van der Waals surface area contributed by atoms with Crippen LogP contribution in [0, 0.1) is 16.7 Å². The highest BCUT2D eigenvalue weighted by Crippen LogP contribution is 2.35. The number of carbonyl (C=O) groups is 3. The van der Waals surface area contributed by atoms with Crippen LogP contribution in [0.1, 0.15) is 127 Å². The van der Waals surface area contributed by atoms with Crippen molar-refractivity contribution in [2.45, 2.75) is 138 Å². The van der Waals surface area contributed by atoms with Gasteiger partial charge in [0, 0.05) is 6.42 Å². The van der Waals surface area contributed by atoms with Crippen LogP contribution in [0.5, 0.6) is 0 Å². The summed E-state index contributed by atoms with van der Waals surface area (Å²) >= 11 is 0. The van der Waals surface area contributed by atoms with E-state index < -0.39 is 35.4 Å². The lowest BCUT2D eigenvalue weighted by Gasteiger charge is -2.31. The van der Waals surface area contributed by atoms with E-state index in [-0.39, 0.29) is 31.0 Å². The highest BCUT2D eigenvalue weighted by Gasteiger charge is 2.39. The molecule has 8 heteroatoms. The molecule has 0 rings (SSSR count). The van der Waals surface area contributed by atoms with Gasteiger partial charge in [-0.25, -0.2) is 9.18 Å². The fourth-order valence-electron chi connectivity index (χ4n) is 4.85. The number of amides is 1. The highest BCUT2D eigenvalue weighted by molar-refractivity contribution is 5.76. The van der Waals surface area contributed by atoms with Crippen LogP contribution in [-0.4, -0.2) is 49.1 Å². The molecule has 0 saturated carbocycles. The average Bonchev–Trinajstić information content (AvgIpc) is 2.77. The number of carbonyl (C=O) groups excluding carboxylic acids is 3. The molecule has 0 spiro atoms. The van der Waals surface area contributed by atoms with Gasteiger partial charge in [-0.05, 0) is 71.6 Å². The Labute approximate surface area is 231 Å². The van der Waals surface area contributed by atoms with E-state index in [0.717, 1.165) is 25.7 Å². The number of rotatable bonds is 18. The third kappa shape index (κ3) is 16.2. The second-order valence-electron chi connectivity index (χ2n) is 13.4. The van der Waals surface area contributed by atoms with Gasteiger partial charge in [0.15, 0.2) is 0 Å². The van der Waals surface area contributed by atoms with E-state index in [4.69, 9.17) is 14.2 Å². The van der Waals surface area contributed by atoms with Crippen molar-refractivity contribution < 1.29 is 33.0 Å². The normalized spacial score (nSPS) is 14.8. The lowest BCUT2D eigenvalue weighted by atomic mass is 9.76. The quantitative estimate of drug-likeness (QED) is 0.109. The fraction of sp³-hybridized carbons (Fsp3) is 0.900. The van der Waals surface area contributed by atoms with Gasteiger partial charge in [-0.1, -0.05) is 60.3 Å². The molecule has 0 aromatic heterocycles. The molecule has 38 heavy (non-hydrogen) atoms. The molecule has 0 bridgehead atoms. The summed E-state index contributed by atoms with van der Waals surface area (Å²) in [6.45, 7) is 18.4. The second-order valence-corrected chi connectivity index (χ2v) is 13.4. The van der Waals surface area contributed by atoms with Crippen molar-refractivity contribution in [3.8, 4) is 0 Å². The highest BCUT2D eigenvalue weighted by atomic mass is 19.1. The Morgan fingerprint density at radius 1 is 0.895 bits per heavy atom. The molecule has 224 valence electrons. The number of esters is 2. The Hall–Kier alpha value is -1.86. The number of hydrogen-bond acceptors (Lipinski definition) is 6. The molecule has 7 nitrogen and oxygen atoms in total. The molecule has 0 radical (unpaired) electrons. The number of unbranched alkanes of at least 4 members (excludes halogenated alkanes) is 1. The Morgan fingerprint density at radius 2 is 1.53 bits per heavy atom. The van der Waals surface area contributed by atoms with E-state index in [9.17, 15) is 18.8 Å². The molecular formula is C30H56FNO6. The van der Waals surface area contributed by atoms with E-state index in [2.05, 4.69) is 19.2 Å². The standard InChI is InChI=1S/C30H56FNO6/c1-11-13-15-23(12-2)20-29(8,9)37-24(33)16-14-17-28(6,7)38-26(35)32-18-19-36-25(34)30(10,22-31)21-27(3,4)5/h23H,11-22H2,1-10H3,(H,32,35). The Balaban J connectivity index is 4.42. The minimum absolute atomic E-state index is 0.0525. The molecule has 0 aliphatic heterocycles. The fourth-order valence-corrected chi connectivity index (χ4v) is 4.85. The Bertz CT molecular complexity index is 731. The summed E-state index contributed by atoms with van der Waals surface area (Å²) in [5.74, 6) is -0.315. The molecule has 0 aromatic rings. The molecular weight excluding hydrogens is 489 g/mol. The van der Waals surface area contributed by atoms with Crippen molar-refractivity contribution >= 4 is 18.0 Å². The maximum atomic E-state index is 13.6. The third-order valence-corrected chi connectivity index (χ3v) is 6.56. The van der Waals surface area contributed by atoms with Gasteiger partial charge in [-0.15, -0.1) is 0 Å². The third-order valence-electron chi connectivity index (χ3n) is 6.56. The average molecular weight is 546 g/mol. The van der Waals surface area contributed by atoms with Gasteiger partial charge in [0.25, 0.3) is 0 Å². The van der Waals surface area contributed by atoms with Crippen molar-refractivity contribution in [1.82, 2.24) is 5.32 Å². The van der Waals surface area contributed by atoms with Gasteiger partial charge in [0.05, 0.1) is 12.0 Å². The minimum atomic E-state index is -1.22. The monoisotopic (exact) mass is 545 g/mol. The van der Waals surface area contributed by atoms with Gasteiger partial charge in [0.2, 0.25) is 0 Å². The van der Waals surface area contributed by atoms with Crippen molar-refractivity contribution in [3.05, 3.63) is 0 Å². The SMILES string of the molecule is CCCCC(CC)CC(C)(C)OC(=O)CCCC(C)(C)OC(=O)NCCOC(=O)C(C)(CF)CC(C)(C)C. The molecule has 0 heterocycles. The summed E-state index contributed by atoms with van der Waals surface area (Å²) in [5.41, 5.74) is -2.74. The van der Waals surface area contributed by atoms with Crippen LogP contribution < -0.4 is 5.32 Å². The first-order valence-corrected chi connectivity index (χ1v) is 14.3. The largest absolute Gasteiger partial charge is 0.463 e. The second kappa shape index (κ2) is 16.3. The van der Waals surface area contributed by atoms with Crippen LogP contribution in [0.3, 0.4) is 0 Å². The lowest BCUT2D eigenvalue weighted by molar-refractivity contribution is -0.159. The van der Waals surface area contributed by atoms with Crippen molar-refractivity contribution in [2.75, 3.05) is 19.8 Å². The van der Waals surface area contributed by atoms with E-state index in [1.54, 1.807) is 20.8 Å². The number of alkyl carbamates (subject to hydrolysis) is 1. The maximum Gasteiger partial charge on any atom is 0.407 e. The van der Waals surface area contributed by atoms with E-state index in [0.29, 0.717) is 25.2 Å². The van der Waals surface area contributed by atoms with Crippen LogP contribution in [0.2, 0.25) is 0 Å². The molecule has 0 aliphatic rings. The first-order chi connectivity index (χ1) is 17.4. The van der Waals surface area contributed by atoms with E-state index in [1.165, 1.54) is 6.42 Å². The first kappa shape index (κ1) is 36.1. The smallest absolute Gasteiger partial charge is 0.407 e. The van der Waals surface area contributed by atoms with Gasteiger partial charge in [0.1, 0.15) is 24.5 Å². The van der Waals surface area contributed by atoms with Crippen LogP contribution in [0.4, 0.5) is 9.18 Å². The van der Waals surface area contributed by atoms with Crippen molar-refractivity contribution in [2.24, 2.45) is 16.7 Å². The molecule has 0 saturated heterocycles. The molecule has 1 amide bonds. The summed E-state index contributed by atoms with van der Waals surface area (Å²) < 4.78 is 30.0. The van der Waals surface area contributed by atoms with E-state index in [1.807, 2.05) is 34.6 Å². The zero-order valence-electron chi connectivity index (χ0n) is 25.9. The summed E-state index contributed by atoms with van der Waals surface area (Å²) in [6, 6.07) is 0. The van der Waals surface area contributed by atoms with E-state index >= 15 is 0 Å². The molecule has 1 N–H and O–H groups in total. The molecule has 2 atom stereocenters. The predicted octanol–water partition coefficient (Wildman–Crippen LogP) is 7.55. The van der Waals surface area contributed by atoms with Crippen molar-refractivity contribution in [1.29, 1.82) is 0 Å². The van der Waals surface area contributed by atoms with Crippen molar-refractivity contribution in [3.63, 3.8) is 0 Å². The van der Waals surface area contributed by atoms with Crippen LogP contribution in [-0.2, 0) is 23.8 Å². The first-order valence-electron chi connectivity index (χ1n) is 14.3. The number of ether oxygens (including phenoxy) is 3. The molecule has 0 aromatic carbocycles. The van der Waals surface area contributed by atoms with Crippen LogP contribution in [0.25, 0.3) is 0 Å². The zero-order chi connectivity index (χ0) is 29.6. The number of halogens is 1.